The average Bonchev–Trinajstić information content (AvgIpc) is 2.99. The molecule has 0 spiro atoms. The second kappa shape index (κ2) is 6.82. The molecule has 0 fully saturated rings. The molecule has 0 saturated carbocycles. The van der Waals surface area contributed by atoms with Crippen LogP contribution >= 0.6 is 11.3 Å². The van der Waals surface area contributed by atoms with E-state index in [-0.39, 0.29) is 18.0 Å². The molecular weight excluding hydrogens is 272 g/mol. The van der Waals surface area contributed by atoms with Crippen LogP contribution in [0.1, 0.15) is 22.2 Å². The van der Waals surface area contributed by atoms with Crippen molar-refractivity contribution in [2.45, 2.75) is 6.92 Å². The predicted molar refractivity (Wildman–Crippen MR) is 79.7 cm³/mol. The number of carbonyl (C=O) groups excluding carboxylic acids is 2. The molecule has 2 rings (SSSR count). The van der Waals surface area contributed by atoms with Crippen molar-refractivity contribution in [2.24, 2.45) is 0 Å². The van der Waals surface area contributed by atoms with E-state index in [9.17, 15) is 9.59 Å². The van der Waals surface area contributed by atoms with Crippen LogP contribution in [-0.4, -0.2) is 18.4 Å². The van der Waals surface area contributed by atoms with Crippen LogP contribution in [0.4, 0.5) is 0 Å². The summed E-state index contributed by atoms with van der Waals surface area (Å²) in [6, 6.07) is 12.7. The van der Waals surface area contributed by atoms with Crippen molar-refractivity contribution >= 4 is 29.2 Å². The number of thiophene rings is 1. The molecule has 0 atom stereocenters. The molecule has 1 heterocycles. The van der Waals surface area contributed by atoms with E-state index in [1.165, 1.54) is 11.3 Å². The third kappa shape index (κ3) is 3.42. The Hall–Kier alpha value is -2.20. The summed E-state index contributed by atoms with van der Waals surface area (Å²) in [7, 11) is 0. The quantitative estimate of drug-likeness (QED) is 0.277. The first-order chi connectivity index (χ1) is 9.72. The highest BCUT2D eigenvalue weighted by Crippen LogP contribution is 2.18. The van der Waals surface area contributed by atoms with Crippen LogP contribution in [0.3, 0.4) is 0 Å². The summed E-state index contributed by atoms with van der Waals surface area (Å²) >= 11 is 1.31. The fourth-order valence-corrected chi connectivity index (χ4v) is 2.36. The summed E-state index contributed by atoms with van der Waals surface area (Å²) in [6.07, 6.45) is 1.57. The monoisotopic (exact) mass is 286 g/mol. The number of ether oxygens (including phenoxy) is 1. The predicted octanol–water partition coefficient (Wildman–Crippen LogP) is 3.58. The molecule has 0 amide bonds. The largest absolute Gasteiger partial charge is 0.462 e. The highest BCUT2D eigenvalue weighted by atomic mass is 32.1. The topological polar surface area (TPSA) is 43.4 Å². The molecule has 0 aliphatic carbocycles. The Bertz CT molecular complexity index is 612. The number of carbonyl (C=O) groups is 2. The van der Waals surface area contributed by atoms with E-state index < -0.39 is 5.97 Å². The van der Waals surface area contributed by atoms with Gasteiger partial charge in [0.2, 0.25) is 5.78 Å². The van der Waals surface area contributed by atoms with Crippen molar-refractivity contribution in [3.63, 3.8) is 0 Å². The summed E-state index contributed by atoms with van der Waals surface area (Å²) in [5.74, 6) is -0.892. The van der Waals surface area contributed by atoms with Gasteiger partial charge in [-0.3, -0.25) is 4.79 Å². The van der Waals surface area contributed by atoms with Crippen molar-refractivity contribution in [1.82, 2.24) is 0 Å². The van der Waals surface area contributed by atoms with E-state index in [2.05, 4.69) is 0 Å². The lowest BCUT2D eigenvalue weighted by Crippen LogP contribution is -2.15. The second-order valence-electron chi connectivity index (χ2n) is 4.00. The van der Waals surface area contributed by atoms with Gasteiger partial charge in [-0.05, 0) is 30.0 Å². The van der Waals surface area contributed by atoms with Crippen LogP contribution in [0.2, 0.25) is 0 Å². The van der Waals surface area contributed by atoms with Crippen LogP contribution in [0.15, 0.2) is 53.4 Å². The van der Waals surface area contributed by atoms with Gasteiger partial charge < -0.3 is 4.74 Å². The van der Waals surface area contributed by atoms with Gasteiger partial charge in [-0.1, -0.05) is 36.4 Å². The maximum atomic E-state index is 12.4. The molecule has 0 aliphatic heterocycles. The van der Waals surface area contributed by atoms with Gasteiger partial charge in [0.15, 0.2) is 0 Å². The first-order valence-electron chi connectivity index (χ1n) is 6.24. The van der Waals surface area contributed by atoms with Gasteiger partial charge in [0, 0.05) is 0 Å². The zero-order chi connectivity index (χ0) is 14.4. The van der Waals surface area contributed by atoms with Gasteiger partial charge in [-0.15, -0.1) is 11.3 Å². The zero-order valence-electron chi connectivity index (χ0n) is 11.0. The maximum Gasteiger partial charge on any atom is 0.342 e. The van der Waals surface area contributed by atoms with Crippen LogP contribution in [0, 0.1) is 0 Å². The third-order valence-corrected chi connectivity index (χ3v) is 3.46. The highest BCUT2D eigenvalue weighted by Gasteiger charge is 2.21. The Balaban J connectivity index is 2.37. The molecule has 0 N–H and O–H groups in total. The first kappa shape index (κ1) is 14.2. The van der Waals surface area contributed by atoms with E-state index in [1.807, 2.05) is 30.3 Å². The van der Waals surface area contributed by atoms with Gasteiger partial charge in [0.05, 0.1) is 11.5 Å². The SMILES string of the molecule is CCOC(=O)/C(=C/c1ccccc1)C(=O)c1cccs1. The van der Waals surface area contributed by atoms with E-state index >= 15 is 0 Å². The average molecular weight is 286 g/mol. The summed E-state index contributed by atoms with van der Waals surface area (Å²) in [5.41, 5.74) is 0.848. The fourth-order valence-electron chi connectivity index (χ4n) is 1.68. The first-order valence-corrected chi connectivity index (χ1v) is 7.12. The lowest BCUT2D eigenvalue weighted by molar-refractivity contribution is -0.137. The maximum absolute atomic E-state index is 12.4. The molecular formula is C16H14O3S. The molecule has 0 radical (unpaired) electrons. The van der Waals surface area contributed by atoms with Crippen molar-refractivity contribution in [3.05, 3.63) is 63.9 Å². The van der Waals surface area contributed by atoms with E-state index in [0.29, 0.717) is 4.88 Å². The summed E-state index contributed by atoms with van der Waals surface area (Å²) in [5, 5.41) is 1.80. The second-order valence-corrected chi connectivity index (χ2v) is 4.94. The van der Waals surface area contributed by atoms with Crippen molar-refractivity contribution in [1.29, 1.82) is 0 Å². The van der Waals surface area contributed by atoms with Crippen LogP contribution in [0.5, 0.6) is 0 Å². The van der Waals surface area contributed by atoms with Gasteiger partial charge in [0.25, 0.3) is 0 Å². The third-order valence-electron chi connectivity index (χ3n) is 2.60. The fraction of sp³-hybridized carbons (Fsp3) is 0.125. The van der Waals surface area contributed by atoms with Crippen LogP contribution in [0.25, 0.3) is 6.08 Å². The van der Waals surface area contributed by atoms with Gasteiger partial charge in [-0.2, -0.15) is 0 Å². The van der Waals surface area contributed by atoms with E-state index in [4.69, 9.17) is 4.74 Å². The number of rotatable bonds is 5. The molecule has 0 aliphatic rings. The molecule has 4 heteroatoms. The Morgan fingerprint density at radius 1 is 1.15 bits per heavy atom. The number of Topliss-reactive ketones (excluding diaryl/α,β-unsaturated/α-hetero) is 1. The van der Waals surface area contributed by atoms with E-state index in [1.54, 1.807) is 30.5 Å². The zero-order valence-corrected chi connectivity index (χ0v) is 11.9. The van der Waals surface area contributed by atoms with Gasteiger partial charge >= 0.3 is 5.97 Å². The minimum absolute atomic E-state index is 0.0560. The Labute approximate surface area is 121 Å². The van der Waals surface area contributed by atoms with Crippen molar-refractivity contribution in [3.8, 4) is 0 Å². The molecule has 0 bridgehead atoms. The summed E-state index contributed by atoms with van der Waals surface area (Å²) in [4.78, 5) is 24.9. The summed E-state index contributed by atoms with van der Waals surface area (Å²) in [6.45, 7) is 1.95. The number of benzene rings is 1. The molecule has 2 aromatic rings. The lowest BCUT2D eigenvalue weighted by atomic mass is 10.1. The number of hydrogen-bond donors (Lipinski definition) is 0. The molecule has 0 saturated heterocycles. The minimum Gasteiger partial charge on any atom is -0.462 e. The smallest absolute Gasteiger partial charge is 0.342 e. The van der Waals surface area contributed by atoms with Gasteiger partial charge in [-0.25, -0.2) is 4.79 Å². The summed E-state index contributed by atoms with van der Waals surface area (Å²) < 4.78 is 4.97. The van der Waals surface area contributed by atoms with Crippen molar-refractivity contribution in [2.75, 3.05) is 6.61 Å². The van der Waals surface area contributed by atoms with Crippen molar-refractivity contribution < 1.29 is 14.3 Å². The Morgan fingerprint density at radius 3 is 2.50 bits per heavy atom. The molecule has 0 unspecified atom stereocenters. The standard InChI is InChI=1S/C16H14O3S/c1-2-19-16(18)13(11-12-7-4-3-5-8-12)15(17)14-9-6-10-20-14/h3-11H,2H2,1H3/b13-11+. The Morgan fingerprint density at radius 2 is 1.90 bits per heavy atom. The molecule has 20 heavy (non-hydrogen) atoms. The minimum atomic E-state index is -0.588. The van der Waals surface area contributed by atoms with Gasteiger partial charge in [0.1, 0.15) is 5.57 Å². The molecule has 1 aromatic heterocycles. The normalized spacial score (nSPS) is 11.2. The molecule has 102 valence electrons. The van der Waals surface area contributed by atoms with E-state index in [0.717, 1.165) is 5.56 Å². The number of esters is 1. The number of ketones is 1. The molecule has 3 nitrogen and oxygen atoms in total. The Kier molecular flexibility index (Phi) is 4.85. The lowest BCUT2D eigenvalue weighted by Gasteiger charge is -2.05. The number of hydrogen-bond acceptors (Lipinski definition) is 4. The van der Waals surface area contributed by atoms with Crippen LogP contribution in [-0.2, 0) is 9.53 Å². The molecule has 1 aromatic carbocycles. The highest BCUT2D eigenvalue weighted by molar-refractivity contribution is 7.12. The van der Waals surface area contributed by atoms with Crippen LogP contribution < -0.4 is 0 Å².